The topological polar surface area (TPSA) is 87.7 Å². The molecule has 0 aliphatic carbocycles. The average Bonchev–Trinajstić information content (AvgIpc) is 2.63. The summed E-state index contributed by atoms with van der Waals surface area (Å²) in [6.45, 7) is 3.88. The molecule has 0 radical (unpaired) electrons. The second-order valence-electron chi connectivity index (χ2n) is 6.00. The maximum absolute atomic E-state index is 12.4. The third-order valence-electron chi connectivity index (χ3n) is 3.72. The molecule has 0 bridgehead atoms. The van der Waals surface area contributed by atoms with Crippen LogP contribution in [0.3, 0.4) is 0 Å². The van der Waals surface area contributed by atoms with Gasteiger partial charge in [0, 0.05) is 24.0 Å². The molecule has 7 nitrogen and oxygen atoms in total. The van der Waals surface area contributed by atoms with Crippen molar-refractivity contribution in [1.29, 1.82) is 0 Å². The number of aryl methyl sites for hydroxylation is 1. The number of benzene rings is 2. The van der Waals surface area contributed by atoms with Crippen LogP contribution in [0, 0.1) is 6.92 Å². The number of anilines is 2. The SMILES string of the molecule is CCOC(=O)Nc1ccc(C(=O)N(C)CC(=O)Nc2ccc(C)cc2)cc1. The number of rotatable bonds is 6. The summed E-state index contributed by atoms with van der Waals surface area (Å²) in [5.74, 6) is -0.577. The molecule has 0 spiro atoms. The molecule has 0 fully saturated rings. The maximum Gasteiger partial charge on any atom is 0.411 e. The normalized spacial score (nSPS) is 10.0. The highest BCUT2D eigenvalue weighted by Crippen LogP contribution is 2.12. The monoisotopic (exact) mass is 369 g/mol. The van der Waals surface area contributed by atoms with Gasteiger partial charge in [-0.3, -0.25) is 14.9 Å². The molecule has 0 aliphatic heterocycles. The number of ether oxygens (including phenoxy) is 1. The molecule has 142 valence electrons. The van der Waals surface area contributed by atoms with E-state index >= 15 is 0 Å². The van der Waals surface area contributed by atoms with E-state index in [1.165, 1.54) is 4.90 Å². The van der Waals surface area contributed by atoms with Crippen molar-refractivity contribution in [3.63, 3.8) is 0 Å². The molecule has 2 aromatic carbocycles. The molecule has 2 N–H and O–H groups in total. The average molecular weight is 369 g/mol. The first kappa shape index (κ1) is 20.0. The number of amides is 3. The lowest BCUT2D eigenvalue weighted by atomic mass is 10.2. The molecular weight excluding hydrogens is 346 g/mol. The molecule has 0 unspecified atom stereocenters. The summed E-state index contributed by atoms with van der Waals surface area (Å²) >= 11 is 0. The highest BCUT2D eigenvalue weighted by molar-refractivity contribution is 5.99. The molecule has 0 aromatic heterocycles. The Kier molecular flexibility index (Phi) is 6.93. The fourth-order valence-corrected chi connectivity index (χ4v) is 2.33. The van der Waals surface area contributed by atoms with Crippen molar-refractivity contribution in [2.24, 2.45) is 0 Å². The van der Waals surface area contributed by atoms with E-state index in [9.17, 15) is 14.4 Å². The van der Waals surface area contributed by atoms with E-state index in [2.05, 4.69) is 10.6 Å². The predicted octanol–water partition coefficient (Wildman–Crippen LogP) is 3.27. The van der Waals surface area contributed by atoms with Crippen molar-refractivity contribution in [3.8, 4) is 0 Å². The first-order valence-electron chi connectivity index (χ1n) is 8.55. The largest absolute Gasteiger partial charge is 0.450 e. The van der Waals surface area contributed by atoms with Crippen LogP contribution in [0.1, 0.15) is 22.8 Å². The number of nitrogens with one attached hydrogen (secondary N) is 2. The summed E-state index contributed by atoms with van der Waals surface area (Å²) in [7, 11) is 1.56. The Bertz CT molecular complexity index is 801. The van der Waals surface area contributed by atoms with E-state index in [0.29, 0.717) is 16.9 Å². The van der Waals surface area contributed by atoms with Gasteiger partial charge in [0.25, 0.3) is 5.91 Å². The van der Waals surface area contributed by atoms with Gasteiger partial charge in [-0.05, 0) is 50.2 Å². The first-order chi connectivity index (χ1) is 12.9. The molecule has 0 saturated carbocycles. The van der Waals surface area contributed by atoms with Gasteiger partial charge in [-0.2, -0.15) is 0 Å². The Balaban J connectivity index is 1.91. The van der Waals surface area contributed by atoms with Crippen LogP contribution in [-0.4, -0.2) is 43.0 Å². The molecule has 0 saturated heterocycles. The Morgan fingerprint density at radius 1 is 0.926 bits per heavy atom. The van der Waals surface area contributed by atoms with Gasteiger partial charge in [0.15, 0.2) is 0 Å². The lowest BCUT2D eigenvalue weighted by Gasteiger charge is -2.17. The summed E-state index contributed by atoms with van der Waals surface area (Å²) < 4.78 is 4.79. The zero-order chi connectivity index (χ0) is 19.8. The van der Waals surface area contributed by atoms with E-state index in [1.54, 1.807) is 38.2 Å². The minimum atomic E-state index is -0.554. The molecule has 2 rings (SSSR count). The van der Waals surface area contributed by atoms with Crippen LogP contribution in [0.2, 0.25) is 0 Å². The van der Waals surface area contributed by atoms with Gasteiger partial charge in [-0.25, -0.2) is 4.79 Å². The van der Waals surface area contributed by atoms with Crippen molar-refractivity contribution in [2.45, 2.75) is 13.8 Å². The highest BCUT2D eigenvalue weighted by Gasteiger charge is 2.15. The molecule has 2 aromatic rings. The summed E-state index contributed by atoms with van der Waals surface area (Å²) in [5, 5.41) is 5.31. The zero-order valence-corrected chi connectivity index (χ0v) is 15.6. The second-order valence-corrected chi connectivity index (χ2v) is 6.00. The zero-order valence-electron chi connectivity index (χ0n) is 15.6. The smallest absolute Gasteiger partial charge is 0.411 e. The molecular formula is C20H23N3O4. The van der Waals surface area contributed by atoms with Gasteiger partial charge >= 0.3 is 6.09 Å². The molecule has 7 heteroatoms. The predicted molar refractivity (Wildman–Crippen MR) is 104 cm³/mol. The van der Waals surface area contributed by atoms with Gasteiger partial charge in [-0.1, -0.05) is 17.7 Å². The van der Waals surface area contributed by atoms with Gasteiger partial charge < -0.3 is 15.0 Å². The Morgan fingerprint density at radius 3 is 2.07 bits per heavy atom. The maximum atomic E-state index is 12.4. The van der Waals surface area contributed by atoms with Crippen LogP contribution in [0.15, 0.2) is 48.5 Å². The third kappa shape index (κ3) is 6.14. The van der Waals surface area contributed by atoms with Crippen molar-refractivity contribution >= 4 is 29.3 Å². The van der Waals surface area contributed by atoms with Crippen LogP contribution in [0.25, 0.3) is 0 Å². The summed E-state index contributed by atoms with van der Waals surface area (Å²) in [6, 6.07) is 13.8. The first-order valence-corrected chi connectivity index (χ1v) is 8.55. The van der Waals surface area contributed by atoms with E-state index in [4.69, 9.17) is 4.74 Å². The fourth-order valence-electron chi connectivity index (χ4n) is 2.33. The Hall–Kier alpha value is -3.35. The minimum Gasteiger partial charge on any atom is -0.450 e. The Labute approximate surface area is 158 Å². The van der Waals surface area contributed by atoms with Gasteiger partial charge in [0.05, 0.1) is 13.2 Å². The van der Waals surface area contributed by atoms with E-state index < -0.39 is 6.09 Å². The lowest BCUT2D eigenvalue weighted by Crippen LogP contribution is -2.34. The van der Waals surface area contributed by atoms with Crippen LogP contribution in [0.5, 0.6) is 0 Å². The number of hydrogen-bond donors (Lipinski definition) is 2. The summed E-state index contributed by atoms with van der Waals surface area (Å²) in [5.41, 5.74) is 2.71. The summed E-state index contributed by atoms with van der Waals surface area (Å²) in [6.07, 6.45) is -0.554. The highest BCUT2D eigenvalue weighted by atomic mass is 16.5. The van der Waals surface area contributed by atoms with Crippen LogP contribution in [0.4, 0.5) is 16.2 Å². The quantitative estimate of drug-likeness (QED) is 0.818. The molecule has 3 amide bonds. The molecule has 27 heavy (non-hydrogen) atoms. The van der Waals surface area contributed by atoms with Crippen molar-refractivity contribution in [1.82, 2.24) is 4.90 Å². The fraction of sp³-hybridized carbons (Fsp3) is 0.250. The van der Waals surface area contributed by atoms with Gasteiger partial charge in [-0.15, -0.1) is 0 Å². The number of likely N-dealkylation sites (N-methyl/N-ethyl adjacent to an activating group) is 1. The number of nitrogens with zero attached hydrogens (tertiary/aromatic N) is 1. The lowest BCUT2D eigenvalue weighted by molar-refractivity contribution is -0.116. The van der Waals surface area contributed by atoms with Crippen LogP contribution >= 0.6 is 0 Å². The third-order valence-corrected chi connectivity index (χ3v) is 3.72. The number of hydrogen-bond acceptors (Lipinski definition) is 4. The standard InChI is InChI=1S/C20H23N3O4/c1-4-27-20(26)22-17-11-7-15(8-12-17)19(25)23(3)13-18(24)21-16-9-5-14(2)6-10-16/h5-12H,4,13H2,1-3H3,(H,21,24)(H,22,26). The summed E-state index contributed by atoms with van der Waals surface area (Å²) in [4.78, 5) is 37.3. The van der Waals surface area contributed by atoms with Gasteiger partial charge in [0.1, 0.15) is 0 Å². The molecule has 0 atom stereocenters. The Morgan fingerprint density at radius 2 is 1.48 bits per heavy atom. The van der Waals surface area contributed by atoms with Crippen molar-refractivity contribution in [3.05, 3.63) is 59.7 Å². The van der Waals surface area contributed by atoms with Crippen LogP contribution < -0.4 is 10.6 Å². The van der Waals surface area contributed by atoms with Crippen molar-refractivity contribution in [2.75, 3.05) is 30.8 Å². The van der Waals surface area contributed by atoms with E-state index in [0.717, 1.165) is 5.56 Å². The van der Waals surface area contributed by atoms with Gasteiger partial charge in [0.2, 0.25) is 5.91 Å². The van der Waals surface area contributed by atoms with E-state index in [-0.39, 0.29) is 25.0 Å². The van der Waals surface area contributed by atoms with E-state index in [1.807, 2.05) is 31.2 Å². The molecule has 0 heterocycles. The molecule has 0 aliphatic rings. The number of carbonyl (C=O) groups excluding carboxylic acids is 3. The van der Waals surface area contributed by atoms with Crippen molar-refractivity contribution < 1.29 is 19.1 Å². The second kappa shape index (κ2) is 9.38. The van der Waals surface area contributed by atoms with Crippen LogP contribution in [-0.2, 0) is 9.53 Å². The number of carbonyl (C=O) groups is 3. The minimum absolute atomic E-state index is 0.0739.